The van der Waals surface area contributed by atoms with Gasteiger partial charge >= 0.3 is 5.97 Å². The van der Waals surface area contributed by atoms with Crippen molar-refractivity contribution < 1.29 is 24.2 Å². The highest BCUT2D eigenvalue weighted by atomic mass is 16.5. The van der Waals surface area contributed by atoms with Crippen LogP contribution in [0.3, 0.4) is 0 Å². The summed E-state index contributed by atoms with van der Waals surface area (Å²) in [5.41, 5.74) is 1.07. The number of nitrogens with zero attached hydrogens (tertiary/aromatic N) is 1. The number of esters is 1. The van der Waals surface area contributed by atoms with Gasteiger partial charge in [0, 0.05) is 24.2 Å². The lowest BCUT2D eigenvalue weighted by Gasteiger charge is -2.17. The maximum atomic E-state index is 12.0. The van der Waals surface area contributed by atoms with E-state index in [1.807, 2.05) is 0 Å². The van der Waals surface area contributed by atoms with E-state index in [0.717, 1.165) is 12.1 Å². The second kappa shape index (κ2) is 7.04. The molecular formula is C15H18N2O5. The number of anilines is 1. The highest BCUT2D eigenvalue weighted by molar-refractivity contribution is 5.98. The number of aliphatic hydroxyl groups is 1. The molecule has 0 unspecified atom stereocenters. The third-order valence-electron chi connectivity index (χ3n) is 3.49. The smallest absolute Gasteiger partial charge is 0.330 e. The molecule has 0 bridgehead atoms. The zero-order valence-electron chi connectivity index (χ0n) is 12.2. The quantitative estimate of drug-likeness (QED) is 0.751. The molecule has 22 heavy (non-hydrogen) atoms. The van der Waals surface area contributed by atoms with Crippen LogP contribution in [0.4, 0.5) is 5.69 Å². The van der Waals surface area contributed by atoms with Crippen LogP contribution in [0.25, 0.3) is 0 Å². The number of rotatable bonds is 5. The maximum Gasteiger partial charge on any atom is 0.330 e. The number of carbonyl (C=O) groups is 3. The Hall–Kier alpha value is -2.41. The van der Waals surface area contributed by atoms with E-state index in [-0.39, 0.29) is 5.91 Å². The fraction of sp³-hybridized carbons (Fsp3) is 0.400. The van der Waals surface area contributed by atoms with Crippen molar-refractivity contribution in [2.24, 2.45) is 0 Å². The number of aliphatic hydroxyl groups excluding tert-OH is 1. The summed E-state index contributed by atoms with van der Waals surface area (Å²) in [5.74, 6) is -1.14. The normalized spacial score (nSPS) is 15.5. The summed E-state index contributed by atoms with van der Waals surface area (Å²) in [4.78, 5) is 36.7. The second-order valence-electron chi connectivity index (χ2n) is 4.93. The van der Waals surface area contributed by atoms with E-state index in [1.165, 1.54) is 7.11 Å². The van der Waals surface area contributed by atoms with Gasteiger partial charge in [0.05, 0.1) is 13.7 Å². The van der Waals surface area contributed by atoms with Gasteiger partial charge in [-0.3, -0.25) is 9.59 Å². The van der Waals surface area contributed by atoms with Gasteiger partial charge in [-0.15, -0.1) is 0 Å². The molecule has 118 valence electrons. The molecule has 0 radical (unpaired) electrons. The molecule has 1 aromatic rings. The van der Waals surface area contributed by atoms with Gasteiger partial charge < -0.3 is 20.1 Å². The third-order valence-corrected chi connectivity index (χ3v) is 3.49. The van der Waals surface area contributed by atoms with Crippen molar-refractivity contribution in [2.45, 2.75) is 18.9 Å². The molecule has 1 aliphatic heterocycles. The van der Waals surface area contributed by atoms with Gasteiger partial charge in [-0.2, -0.15) is 0 Å². The van der Waals surface area contributed by atoms with Crippen LogP contribution in [0.5, 0.6) is 0 Å². The Morgan fingerprint density at radius 3 is 2.55 bits per heavy atom. The van der Waals surface area contributed by atoms with E-state index in [9.17, 15) is 14.4 Å². The summed E-state index contributed by atoms with van der Waals surface area (Å²) in [5, 5.41) is 11.5. The summed E-state index contributed by atoms with van der Waals surface area (Å²) in [7, 11) is 1.18. The number of nitrogens with one attached hydrogen (secondary N) is 1. The molecule has 1 atom stereocenters. The minimum Gasteiger partial charge on any atom is -0.467 e. The molecule has 1 aliphatic rings. The van der Waals surface area contributed by atoms with E-state index in [4.69, 9.17) is 5.11 Å². The fourth-order valence-corrected chi connectivity index (χ4v) is 2.28. The first kappa shape index (κ1) is 16.0. The number of carbonyl (C=O) groups excluding carboxylic acids is 3. The van der Waals surface area contributed by atoms with Gasteiger partial charge in [-0.1, -0.05) is 0 Å². The number of benzene rings is 1. The van der Waals surface area contributed by atoms with Gasteiger partial charge in [-0.25, -0.2) is 4.79 Å². The molecular weight excluding hydrogens is 288 g/mol. The molecule has 0 aliphatic carbocycles. The zero-order valence-corrected chi connectivity index (χ0v) is 12.2. The predicted molar refractivity (Wildman–Crippen MR) is 78.4 cm³/mol. The Morgan fingerprint density at radius 2 is 2.05 bits per heavy atom. The minimum absolute atomic E-state index is 0.0724. The van der Waals surface area contributed by atoms with Crippen LogP contribution in [0.1, 0.15) is 23.2 Å². The molecule has 1 heterocycles. The Bertz CT molecular complexity index is 570. The first-order valence-corrected chi connectivity index (χ1v) is 6.96. The van der Waals surface area contributed by atoms with Crippen LogP contribution in [-0.2, 0) is 14.3 Å². The van der Waals surface area contributed by atoms with Crippen molar-refractivity contribution in [3.8, 4) is 0 Å². The molecule has 2 amide bonds. The van der Waals surface area contributed by atoms with E-state index in [0.29, 0.717) is 18.5 Å². The highest BCUT2D eigenvalue weighted by Gasteiger charge is 2.23. The summed E-state index contributed by atoms with van der Waals surface area (Å²) in [6, 6.07) is 5.41. The number of ether oxygens (including phenoxy) is 1. The van der Waals surface area contributed by atoms with Crippen molar-refractivity contribution in [3.63, 3.8) is 0 Å². The second-order valence-corrected chi connectivity index (χ2v) is 4.93. The monoisotopic (exact) mass is 306 g/mol. The van der Waals surface area contributed by atoms with Crippen LogP contribution in [0.15, 0.2) is 24.3 Å². The van der Waals surface area contributed by atoms with E-state index < -0.39 is 24.5 Å². The van der Waals surface area contributed by atoms with Crippen LogP contribution < -0.4 is 10.2 Å². The maximum absolute atomic E-state index is 12.0. The van der Waals surface area contributed by atoms with Crippen LogP contribution in [-0.4, -0.2) is 49.2 Å². The fourth-order valence-electron chi connectivity index (χ4n) is 2.28. The van der Waals surface area contributed by atoms with Crippen LogP contribution in [0.2, 0.25) is 0 Å². The van der Waals surface area contributed by atoms with Crippen molar-refractivity contribution in [2.75, 3.05) is 25.2 Å². The van der Waals surface area contributed by atoms with E-state index in [1.54, 1.807) is 29.2 Å². The molecule has 1 aromatic carbocycles. The molecule has 7 nitrogen and oxygen atoms in total. The number of methoxy groups -OCH3 is 1. The molecule has 1 saturated heterocycles. The predicted octanol–water partition coefficient (Wildman–Crippen LogP) is 0.0771. The largest absolute Gasteiger partial charge is 0.467 e. The molecule has 0 spiro atoms. The lowest BCUT2D eigenvalue weighted by atomic mass is 10.1. The van der Waals surface area contributed by atoms with Gasteiger partial charge in [0.1, 0.15) is 0 Å². The lowest BCUT2D eigenvalue weighted by molar-refractivity contribution is -0.143. The Morgan fingerprint density at radius 1 is 1.36 bits per heavy atom. The van der Waals surface area contributed by atoms with Crippen molar-refractivity contribution in [3.05, 3.63) is 29.8 Å². The van der Waals surface area contributed by atoms with Gasteiger partial charge in [0.15, 0.2) is 6.04 Å². The first-order chi connectivity index (χ1) is 10.6. The Kier molecular flexibility index (Phi) is 5.11. The average molecular weight is 306 g/mol. The topological polar surface area (TPSA) is 95.9 Å². The Balaban J connectivity index is 2.05. The summed E-state index contributed by atoms with van der Waals surface area (Å²) in [6.45, 7) is 0.137. The van der Waals surface area contributed by atoms with E-state index in [2.05, 4.69) is 10.1 Å². The minimum atomic E-state index is -1.10. The summed E-state index contributed by atoms with van der Waals surface area (Å²) >= 11 is 0. The van der Waals surface area contributed by atoms with Crippen molar-refractivity contribution >= 4 is 23.5 Å². The number of hydrogen-bond acceptors (Lipinski definition) is 5. The van der Waals surface area contributed by atoms with Gasteiger partial charge in [-0.05, 0) is 30.7 Å². The number of amides is 2. The molecule has 0 aromatic heterocycles. The summed E-state index contributed by atoms with van der Waals surface area (Å²) in [6.07, 6.45) is 1.37. The Labute approximate surface area is 127 Å². The lowest BCUT2D eigenvalue weighted by Crippen LogP contribution is -2.44. The molecule has 7 heteroatoms. The van der Waals surface area contributed by atoms with Crippen molar-refractivity contribution in [1.29, 1.82) is 0 Å². The standard InChI is InChI=1S/C15H18N2O5/c1-22-15(21)12(9-18)16-14(20)10-4-6-11(7-5-10)17-8-2-3-13(17)19/h4-7,12,18H,2-3,8-9H2,1H3,(H,16,20)/t12-/m0/s1. The van der Waals surface area contributed by atoms with Crippen LogP contribution in [0, 0.1) is 0 Å². The molecule has 2 rings (SSSR count). The molecule has 1 fully saturated rings. The zero-order chi connectivity index (χ0) is 16.1. The first-order valence-electron chi connectivity index (χ1n) is 6.96. The van der Waals surface area contributed by atoms with Gasteiger partial charge in [0.2, 0.25) is 5.91 Å². The van der Waals surface area contributed by atoms with Gasteiger partial charge in [0.25, 0.3) is 5.91 Å². The van der Waals surface area contributed by atoms with Crippen LogP contribution >= 0.6 is 0 Å². The highest BCUT2D eigenvalue weighted by Crippen LogP contribution is 2.21. The number of hydrogen-bond donors (Lipinski definition) is 2. The van der Waals surface area contributed by atoms with E-state index >= 15 is 0 Å². The third kappa shape index (κ3) is 3.43. The van der Waals surface area contributed by atoms with Crippen molar-refractivity contribution in [1.82, 2.24) is 5.32 Å². The molecule has 0 saturated carbocycles. The molecule has 2 N–H and O–H groups in total. The SMILES string of the molecule is COC(=O)[C@H](CO)NC(=O)c1ccc(N2CCCC2=O)cc1. The summed E-state index contributed by atoms with van der Waals surface area (Å²) < 4.78 is 4.48. The average Bonchev–Trinajstić information content (AvgIpc) is 2.97.